The van der Waals surface area contributed by atoms with Crippen LogP contribution in [-0.4, -0.2) is 24.9 Å². The lowest BCUT2D eigenvalue weighted by Gasteiger charge is -2.56. The Morgan fingerprint density at radius 3 is 2.83 bits per heavy atom. The van der Waals surface area contributed by atoms with E-state index < -0.39 is 0 Å². The first kappa shape index (κ1) is 20.3. The number of hydrogen-bond donors (Lipinski definition) is 2. The van der Waals surface area contributed by atoms with E-state index in [0.717, 1.165) is 40.4 Å². The molecule has 1 aliphatic heterocycles. The van der Waals surface area contributed by atoms with Crippen molar-refractivity contribution in [3.63, 3.8) is 0 Å². The van der Waals surface area contributed by atoms with Crippen LogP contribution in [0.15, 0.2) is 40.9 Å². The molecule has 0 spiro atoms. The Hall–Kier alpha value is -1.56. The summed E-state index contributed by atoms with van der Waals surface area (Å²) in [4.78, 5) is 0. The highest BCUT2D eigenvalue weighted by atomic mass is 79.9. The summed E-state index contributed by atoms with van der Waals surface area (Å²) in [5.41, 5.74) is 3.96. The van der Waals surface area contributed by atoms with Crippen molar-refractivity contribution < 1.29 is 14.6 Å². The van der Waals surface area contributed by atoms with E-state index in [0.29, 0.717) is 12.5 Å². The van der Waals surface area contributed by atoms with Crippen LogP contribution in [0.1, 0.15) is 48.8 Å². The van der Waals surface area contributed by atoms with Gasteiger partial charge in [-0.3, -0.25) is 0 Å². The molecule has 2 aromatic rings. The molecule has 160 valence electrons. The van der Waals surface area contributed by atoms with Crippen molar-refractivity contribution in [1.82, 2.24) is 5.32 Å². The van der Waals surface area contributed by atoms with E-state index in [2.05, 4.69) is 39.4 Å². The van der Waals surface area contributed by atoms with Crippen LogP contribution in [-0.2, 0) is 18.6 Å². The summed E-state index contributed by atoms with van der Waals surface area (Å²) < 4.78 is 13.3. The number of benzene rings is 2. The molecule has 5 heteroatoms. The van der Waals surface area contributed by atoms with Gasteiger partial charge in [0.15, 0.2) is 11.5 Å². The summed E-state index contributed by atoms with van der Waals surface area (Å²) >= 11 is 3.88. The third kappa shape index (κ3) is 3.45. The lowest BCUT2D eigenvalue weighted by atomic mass is 9.56. The van der Waals surface area contributed by atoms with Crippen LogP contribution in [0, 0.1) is 11.8 Å². The number of aliphatic hydroxyl groups excluding tert-OH is 1. The summed E-state index contributed by atoms with van der Waals surface area (Å²) in [6.07, 6.45) is 7.47. The van der Waals surface area contributed by atoms with Crippen molar-refractivity contribution in [1.29, 1.82) is 0 Å². The third-order valence-corrected chi connectivity index (χ3v) is 8.14. The van der Waals surface area contributed by atoms with Crippen LogP contribution in [0.5, 0.6) is 11.5 Å². The minimum absolute atomic E-state index is 0.0160. The van der Waals surface area contributed by atoms with Crippen molar-refractivity contribution in [3.8, 4) is 11.5 Å². The van der Waals surface area contributed by atoms with Crippen molar-refractivity contribution in [2.24, 2.45) is 11.8 Å². The van der Waals surface area contributed by atoms with Crippen molar-refractivity contribution in [2.75, 3.05) is 19.8 Å². The lowest BCUT2D eigenvalue weighted by Crippen LogP contribution is -2.59. The Morgan fingerprint density at radius 2 is 2.00 bits per heavy atom. The summed E-state index contributed by atoms with van der Waals surface area (Å²) in [7, 11) is 0. The van der Waals surface area contributed by atoms with Crippen LogP contribution < -0.4 is 14.8 Å². The first-order valence-corrected chi connectivity index (χ1v) is 12.0. The van der Waals surface area contributed by atoms with Crippen LogP contribution in [0.25, 0.3) is 0 Å². The zero-order valence-electron chi connectivity index (χ0n) is 17.3. The molecule has 0 radical (unpaired) electrons. The molecule has 3 atom stereocenters. The first-order chi connectivity index (χ1) is 14.7. The molecule has 1 saturated carbocycles. The number of fused-ring (bicyclic) bond motifs is 1. The fourth-order valence-corrected chi connectivity index (χ4v) is 6.73. The van der Waals surface area contributed by atoms with Gasteiger partial charge in [0.25, 0.3) is 0 Å². The van der Waals surface area contributed by atoms with Gasteiger partial charge in [-0.2, -0.15) is 0 Å². The Bertz CT molecular complexity index is 899. The molecule has 2 aliphatic carbocycles. The molecule has 1 heterocycles. The van der Waals surface area contributed by atoms with E-state index >= 15 is 0 Å². The van der Waals surface area contributed by atoms with Gasteiger partial charge in [-0.15, -0.1) is 0 Å². The van der Waals surface area contributed by atoms with Gasteiger partial charge in [0.05, 0.1) is 11.1 Å². The molecular formula is C25H30BrNO3. The molecule has 2 aromatic carbocycles. The van der Waals surface area contributed by atoms with Gasteiger partial charge in [-0.05, 0) is 82.8 Å². The van der Waals surface area contributed by atoms with Crippen molar-refractivity contribution in [3.05, 3.63) is 57.6 Å². The van der Waals surface area contributed by atoms with Gasteiger partial charge >= 0.3 is 0 Å². The molecule has 1 saturated heterocycles. The molecule has 3 aliphatic rings. The molecule has 3 unspecified atom stereocenters. The van der Waals surface area contributed by atoms with Crippen molar-refractivity contribution in [2.45, 2.75) is 50.7 Å². The standard InChI is InChI=1S/C25H30BrNO3/c26-23-19-14-18-9-11-27-25(10-5-4-8-20(18)25)21(19)15-22(24(23)29-13-12-28)30-16-17-6-2-1-3-7-17/h1-3,6-7,15,18,20,27-28H,4-5,8-14,16H2. The second kappa shape index (κ2) is 8.52. The Balaban J connectivity index is 1.57. The monoisotopic (exact) mass is 471 g/mol. The molecule has 5 rings (SSSR count). The topological polar surface area (TPSA) is 50.7 Å². The van der Waals surface area contributed by atoms with Gasteiger partial charge in [-0.25, -0.2) is 0 Å². The van der Waals surface area contributed by atoms with Crippen LogP contribution >= 0.6 is 15.9 Å². The van der Waals surface area contributed by atoms with E-state index in [9.17, 15) is 5.11 Å². The smallest absolute Gasteiger partial charge is 0.175 e. The lowest BCUT2D eigenvalue weighted by molar-refractivity contribution is 0.0340. The minimum atomic E-state index is -0.0160. The summed E-state index contributed by atoms with van der Waals surface area (Å²) in [5, 5.41) is 13.3. The normalized spacial score (nSPS) is 27.1. The largest absolute Gasteiger partial charge is 0.486 e. The van der Waals surface area contributed by atoms with Crippen LogP contribution in [0.2, 0.25) is 0 Å². The molecule has 2 N–H and O–H groups in total. The first-order valence-electron chi connectivity index (χ1n) is 11.2. The number of ether oxygens (including phenoxy) is 2. The highest BCUT2D eigenvalue weighted by Gasteiger charge is 2.52. The second-order valence-corrected chi connectivity index (χ2v) is 9.69. The number of hydrogen-bond acceptors (Lipinski definition) is 4. The maximum Gasteiger partial charge on any atom is 0.175 e. The average Bonchev–Trinajstić information content (AvgIpc) is 2.78. The highest BCUT2D eigenvalue weighted by Crippen LogP contribution is 2.57. The van der Waals surface area contributed by atoms with Crippen molar-refractivity contribution >= 4 is 15.9 Å². The predicted molar refractivity (Wildman–Crippen MR) is 121 cm³/mol. The Morgan fingerprint density at radius 1 is 1.13 bits per heavy atom. The quantitative estimate of drug-likeness (QED) is 0.625. The van der Waals surface area contributed by atoms with Crippen LogP contribution in [0.3, 0.4) is 0 Å². The molecule has 4 nitrogen and oxygen atoms in total. The average molecular weight is 472 g/mol. The molecule has 2 fully saturated rings. The summed E-state index contributed by atoms with van der Waals surface area (Å²) in [6, 6.07) is 12.5. The number of halogens is 1. The minimum Gasteiger partial charge on any atom is -0.486 e. The van der Waals surface area contributed by atoms with E-state index in [1.807, 2.05) is 18.2 Å². The molecular weight excluding hydrogens is 442 g/mol. The second-order valence-electron chi connectivity index (χ2n) is 8.89. The Kier molecular flexibility index (Phi) is 5.78. The number of nitrogens with one attached hydrogen (secondary N) is 1. The zero-order chi connectivity index (χ0) is 20.6. The van der Waals surface area contributed by atoms with Gasteiger partial charge in [0.1, 0.15) is 13.2 Å². The van der Waals surface area contributed by atoms with Gasteiger partial charge in [0, 0.05) is 5.54 Å². The Labute approximate surface area is 187 Å². The highest BCUT2D eigenvalue weighted by molar-refractivity contribution is 9.10. The SMILES string of the molecule is OCCOc1c(OCc2ccccc2)cc2c(c1Br)CC1CCNC23CCCCC13. The molecule has 2 bridgehead atoms. The zero-order valence-corrected chi connectivity index (χ0v) is 18.9. The van der Waals surface area contributed by atoms with Crippen LogP contribution in [0.4, 0.5) is 0 Å². The number of rotatable bonds is 6. The van der Waals surface area contributed by atoms with E-state index in [1.165, 1.54) is 43.2 Å². The van der Waals surface area contributed by atoms with Gasteiger partial charge in [-0.1, -0.05) is 43.2 Å². The van der Waals surface area contributed by atoms with Gasteiger partial charge in [0.2, 0.25) is 0 Å². The number of piperidine rings is 1. The summed E-state index contributed by atoms with van der Waals surface area (Å²) in [5.74, 6) is 2.94. The maximum atomic E-state index is 9.35. The predicted octanol–water partition coefficient (Wildman–Crippen LogP) is 4.95. The van der Waals surface area contributed by atoms with E-state index in [1.54, 1.807) is 0 Å². The molecule has 0 aromatic heterocycles. The summed E-state index contributed by atoms with van der Waals surface area (Å²) in [6.45, 7) is 1.83. The number of aliphatic hydroxyl groups is 1. The van der Waals surface area contributed by atoms with Gasteiger partial charge < -0.3 is 19.9 Å². The van der Waals surface area contributed by atoms with E-state index in [4.69, 9.17) is 9.47 Å². The fraction of sp³-hybridized carbons (Fsp3) is 0.520. The third-order valence-electron chi connectivity index (χ3n) is 7.30. The fourth-order valence-electron chi connectivity index (χ4n) is 6.04. The molecule has 0 amide bonds. The molecule has 30 heavy (non-hydrogen) atoms. The maximum absolute atomic E-state index is 9.35. The van der Waals surface area contributed by atoms with E-state index in [-0.39, 0.29) is 18.8 Å².